The molecule has 4 aromatic heterocycles. The number of halogens is 3. The van der Waals surface area contributed by atoms with Crippen molar-refractivity contribution in [2.45, 2.75) is 20.0 Å². The summed E-state index contributed by atoms with van der Waals surface area (Å²) in [5.41, 5.74) is 9.01. The highest BCUT2D eigenvalue weighted by molar-refractivity contribution is 7.26. The molecule has 5 nitrogen and oxygen atoms in total. The largest absolute Gasteiger partial charge is 0.478 e. The van der Waals surface area contributed by atoms with Crippen molar-refractivity contribution < 1.29 is 33.0 Å². The molecular formula is C39H26F3NO4S4. The Hall–Kier alpha value is -5.01. The molecule has 7 rings (SSSR count). The van der Waals surface area contributed by atoms with E-state index < -0.39 is 23.7 Å². The van der Waals surface area contributed by atoms with Gasteiger partial charge in [0.2, 0.25) is 0 Å². The molecule has 0 aliphatic rings. The van der Waals surface area contributed by atoms with Gasteiger partial charge in [-0.05, 0) is 109 Å². The van der Waals surface area contributed by atoms with Crippen molar-refractivity contribution in [3.63, 3.8) is 0 Å². The monoisotopic (exact) mass is 757 g/mol. The molecule has 0 radical (unpaired) electrons. The summed E-state index contributed by atoms with van der Waals surface area (Å²) in [6, 6.07) is 27.8. The lowest BCUT2D eigenvalue weighted by molar-refractivity contribution is -0.137. The number of hydrogen-bond donors (Lipinski definition) is 3. The number of benzene rings is 3. The van der Waals surface area contributed by atoms with Crippen molar-refractivity contribution in [2.75, 3.05) is 5.73 Å². The van der Waals surface area contributed by atoms with E-state index in [1.54, 1.807) is 31.3 Å². The van der Waals surface area contributed by atoms with Gasteiger partial charge in [-0.1, -0.05) is 24.3 Å². The van der Waals surface area contributed by atoms with Gasteiger partial charge in [-0.3, -0.25) is 0 Å². The van der Waals surface area contributed by atoms with Gasteiger partial charge >= 0.3 is 18.1 Å². The second kappa shape index (κ2) is 13.3. The first kappa shape index (κ1) is 34.4. The van der Waals surface area contributed by atoms with Crippen molar-refractivity contribution in [1.82, 2.24) is 0 Å². The molecule has 0 aliphatic heterocycles. The predicted molar refractivity (Wildman–Crippen MR) is 203 cm³/mol. The highest BCUT2D eigenvalue weighted by Gasteiger charge is 2.31. The molecule has 0 fully saturated rings. The quantitative estimate of drug-likeness (QED) is 0.134. The number of alkyl halides is 3. The first-order valence-electron chi connectivity index (χ1n) is 15.4. The Labute approximate surface area is 306 Å². The maximum Gasteiger partial charge on any atom is 0.416 e. The zero-order chi connectivity index (χ0) is 36.2. The van der Waals surface area contributed by atoms with E-state index in [2.05, 4.69) is 0 Å². The molecule has 3 aromatic carbocycles. The Bertz CT molecular complexity index is 2450. The fraction of sp³-hybridized carbons (Fsp3) is 0.0769. The summed E-state index contributed by atoms with van der Waals surface area (Å²) in [5, 5.41) is 21.1. The first-order chi connectivity index (χ1) is 24.3. The van der Waals surface area contributed by atoms with Crippen LogP contribution in [0.4, 0.5) is 18.9 Å². The van der Waals surface area contributed by atoms with Crippen LogP contribution in [0.2, 0.25) is 0 Å². The standard InChI is InChI=1S/C39H26F3NO4S4/c1-19-33(31-17-15-29(50-31)27-13-11-25(48-27)21-3-7-23(8-4-21)39(40,41)42)35(37(44)45)20(2)34(36(19)38(46)47)32-18-16-30(51-32)28-14-12-26(49-28)22-5-9-24(43)10-6-22/h3-18H,43H2,1-2H3,(H,44,45)(H,46,47). The van der Waals surface area contributed by atoms with Crippen LogP contribution in [0, 0.1) is 13.8 Å². The van der Waals surface area contributed by atoms with E-state index >= 15 is 0 Å². The number of aromatic carboxylic acids is 2. The molecule has 0 atom stereocenters. The predicted octanol–water partition coefficient (Wildman–Crippen LogP) is 12.5. The topological polar surface area (TPSA) is 101 Å². The lowest BCUT2D eigenvalue weighted by Crippen LogP contribution is -2.12. The summed E-state index contributed by atoms with van der Waals surface area (Å²) >= 11 is 5.75. The van der Waals surface area contributed by atoms with E-state index in [9.17, 15) is 33.0 Å². The van der Waals surface area contributed by atoms with Gasteiger partial charge in [-0.2, -0.15) is 13.2 Å². The van der Waals surface area contributed by atoms with Crippen molar-refractivity contribution in [2.24, 2.45) is 0 Å². The van der Waals surface area contributed by atoms with Gasteiger partial charge in [0, 0.05) is 55.8 Å². The Balaban J connectivity index is 1.25. The van der Waals surface area contributed by atoms with Crippen LogP contribution in [0.5, 0.6) is 0 Å². The average molecular weight is 758 g/mol. The third-order valence-corrected chi connectivity index (χ3v) is 13.4. The van der Waals surface area contributed by atoms with Crippen LogP contribution in [-0.4, -0.2) is 22.2 Å². The van der Waals surface area contributed by atoms with E-state index in [0.29, 0.717) is 43.3 Å². The van der Waals surface area contributed by atoms with Crippen LogP contribution in [0.15, 0.2) is 97.1 Å². The van der Waals surface area contributed by atoms with Crippen molar-refractivity contribution in [3.8, 4) is 61.3 Å². The minimum atomic E-state index is -4.42. The maximum atomic E-state index is 13.1. The third kappa shape index (κ3) is 6.51. The molecule has 7 aromatic rings. The number of nitrogen functional groups attached to an aromatic ring is 1. The Morgan fingerprint density at radius 3 is 1.18 bits per heavy atom. The number of carboxylic acid groups (broad SMARTS) is 2. The van der Waals surface area contributed by atoms with Gasteiger partial charge in [0.1, 0.15) is 0 Å². The zero-order valence-corrected chi connectivity index (χ0v) is 30.1. The maximum absolute atomic E-state index is 13.1. The number of hydrogen-bond acceptors (Lipinski definition) is 7. The summed E-state index contributed by atoms with van der Waals surface area (Å²) in [5.74, 6) is -2.32. The molecule has 51 heavy (non-hydrogen) atoms. The van der Waals surface area contributed by atoms with Crippen LogP contribution in [0.25, 0.3) is 61.3 Å². The number of carboxylic acids is 2. The molecule has 4 N–H and O–H groups in total. The van der Waals surface area contributed by atoms with Gasteiger partial charge in [-0.25, -0.2) is 9.59 Å². The normalized spacial score (nSPS) is 11.6. The summed E-state index contributed by atoms with van der Waals surface area (Å²) in [6.45, 7) is 3.30. The second-order valence-electron chi connectivity index (χ2n) is 11.7. The van der Waals surface area contributed by atoms with Gasteiger partial charge in [0.25, 0.3) is 0 Å². The molecule has 0 amide bonds. The number of anilines is 1. The summed E-state index contributed by atoms with van der Waals surface area (Å²) in [4.78, 5) is 32.5. The molecule has 0 unspecified atom stereocenters. The van der Waals surface area contributed by atoms with E-state index in [1.807, 2.05) is 66.7 Å². The van der Waals surface area contributed by atoms with Crippen LogP contribution < -0.4 is 5.73 Å². The van der Waals surface area contributed by atoms with Gasteiger partial charge in [0.15, 0.2) is 0 Å². The van der Waals surface area contributed by atoms with Crippen LogP contribution in [0.1, 0.15) is 37.4 Å². The smallest absolute Gasteiger partial charge is 0.416 e. The summed E-state index contributed by atoms with van der Waals surface area (Å²) < 4.78 is 39.2. The van der Waals surface area contributed by atoms with Crippen molar-refractivity contribution in [1.29, 1.82) is 0 Å². The van der Waals surface area contributed by atoms with Gasteiger partial charge in [0.05, 0.1) is 16.7 Å². The van der Waals surface area contributed by atoms with E-state index in [4.69, 9.17) is 5.73 Å². The van der Waals surface area contributed by atoms with E-state index in [0.717, 1.165) is 47.0 Å². The molecule has 0 spiro atoms. The second-order valence-corrected chi connectivity index (χ2v) is 16.0. The van der Waals surface area contributed by atoms with Crippen molar-refractivity contribution in [3.05, 3.63) is 125 Å². The van der Waals surface area contributed by atoms with Gasteiger partial charge < -0.3 is 15.9 Å². The number of nitrogens with two attached hydrogens (primary N) is 1. The molecule has 0 bridgehead atoms. The number of thiophene rings is 4. The summed E-state index contributed by atoms with van der Waals surface area (Å²) in [6.07, 6.45) is -4.42. The molecule has 0 saturated carbocycles. The molecule has 4 heterocycles. The summed E-state index contributed by atoms with van der Waals surface area (Å²) in [7, 11) is 0. The molecular weight excluding hydrogens is 732 g/mol. The third-order valence-electron chi connectivity index (χ3n) is 8.52. The SMILES string of the molecule is Cc1c(C(=O)O)c(-c2ccc(-c3ccc(-c4ccc(C(F)(F)F)cc4)s3)s2)c(C)c(C(=O)O)c1-c1ccc(-c2ccc(-c3ccc(N)cc3)s2)s1. The van der Waals surface area contributed by atoms with Gasteiger partial charge in [-0.15, -0.1) is 45.3 Å². The van der Waals surface area contributed by atoms with E-state index in [1.165, 1.54) is 46.1 Å². The minimum Gasteiger partial charge on any atom is -0.478 e. The Morgan fingerprint density at radius 2 is 0.824 bits per heavy atom. The zero-order valence-electron chi connectivity index (χ0n) is 26.8. The first-order valence-corrected chi connectivity index (χ1v) is 18.6. The number of carbonyl (C=O) groups is 2. The molecule has 0 aliphatic carbocycles. The van der Waals surface area contributed by atoms with Crippen LogP contribution in [0.3, 0.4) is 0 Å². The minimum absolute atomic E-state index is 0.0363. The highest BCUT2D eigenvalue weighted by Crippen LogP contribution is 2.48. The fourth-order valence-corrected chi connectivity index (χ4v) is 10.5. The highest BCUT2D eigenvalue weighted by atomic mass is 32.1. The fourth-order valence-electron chi connectivity index (χ4n) is 6.08. The lowest BCUT2D eigenvalue weighted by atomic mass is 9.86. The Morgan fingerprint density at radius 1 is 0.510 bits per heavy atom. The lowest BCUT2D eigenvalue weighted by Gasteiger charge is -2.19. The molecule has 256 valence electrons. The van der Waals surface area contributed by atoms with Crippen molar-refractivity contribution >= 4 is 63.0 Å². The number of rotatable bonds is 8. The molecule has 12 heteroatoms. The average Bonchev–Trinajstić information content (AvgIpc) is 3.92. The van der Waals surface area contributed by atoms with E-state index in [-0.39, 0.29) is 11.1 Å². The molecule has 0 saturated heterocycles. The Kier molecular flexibility index (Phi) is 8.96. The van der Waals surface area contributed by atoms with Crippen LogP contribution >= 0.6 is 45.3 Å². The van der Waals surface area contributed by atoms with Crippen LogP contribution in [-0.2, 0) is 6.18 Å².